The van der Waals surface area contributed by atoms with Gasteiger partial charge in [0.25, 0.3) is 0 Å². The topological polar surface area (TPSA) is 94.8 Å². The molecule has 0 unspecified atom stereocenters. The number of para-hydroxylation sites is 1. The number of hydrogen-bond acceptors (Lipinski definition) is 5. The van der Waals surface area contributed by atoms with E-state index in [0.717, 1.165) is 18.2 Å². The summed E-state index contributed by atoms with van der Waals surface area (Å²) in [6.45, 7) is 0. The Bertz CT molecular complexity index is 691. The van der Waals surface area contributed by atoms with Crippen LogP contribution in [0.2, 0.25) is 0 Å². The van der Waals surface area contributed by atoms with Gasteiger partial charge in [-0.05, 0) is 24.3 Å². The van der Waals surface area contributed by atoms with Crippen LogP contribution < -0.4 is 0 Å². The average Bonchev–Trinajstić information content (AvgIpc) is 2.28. The largest absolute Gasteiger partial charge is 0.508 e. The van der Waals surface area contributed by atoms with Gasteiger partial charge in [0.05, 0.1) is 0 Å². The van der Waals surface area contributed by atoms with Crippen molar-refractivity contribution in [3.05, 3.63) is 42.5 Å². The Morgan fingerprint density at radius 2 is 1.39 bits per heavy atom. The van der Waals surface area contributed by atoms with Gasteiger partial charge < -0.3 is 15.3 Å². The second-order valence-electron chi connectivity index (χ2n) is 3.62. The van der Waals surface area contributed by atoms with Crippen molar-refractivity contribution in [2.45, 2.75) is 9.79 Å². The van der Waals surface area contributed by atoms with E-state index in [1.54, 1.807) is 0 Å². The molecular weight excluding hydrogens is 256 g/mol. The van der Waals surface area contributed by atoms with E-state index in [1.165, 1.54) is 24.3 Å². The van der Waals surface area contributed by atoms with Gasteiger partial charge >= 0.3 is 0 Å². The van der Waals surface area contributed by atoms with Gasteiger partial charge in [-0.25, -0.2) is 8.42 Å². The smallest absolute Gasteiger partial charge is 0.213 e. The van der Waals surface area contributed by atoms with Crippen LogP contribution in [0.1, 0.15) is 0 Å². The minimum absolute atomic E-state index is 0.247. The van der Waals surface area contributed by atoms with E-state index in [9.17, 15) is 18.6 Å². The van der Waals surface area contributed by atoms with Gasteiger partial charge in [0.1, 0.15) is 27.0 Å². The van der Waals surface area contributed by atoms with Crippen LogP contribution in [0, 0.1) is 0 Å². The lowest BCUT2D eigenvalue weighted by atomic mass is 10.3. The number of benzene rings is 2. The number of rotatable bonds is 2. The monoisotopic (exact) mass is 266 g/mol. The van der Waals surface area contributed by atoms with E-state index in [1.807, 2.05) is 0 Å². The Morgan fingerprint density at radius 3 is 2.00 bits per heavy atom. The summed E-state index contributed by atoms with van der Waals surface area (Å²) in [7, 11) is -4.03. The fourth-order valence-corrected chi connectivity index (χ4v) is 2.96. The van der Waals surface area contributed by atoms with Gasteiger partial charge in [-0.15, -0.1) is 0 Å². The number of hydrogen-bond donors (Lipinski definition) is 3. The lowest BCUT2D eigenvalue weighted by Gasteiger charge is -2.08. The SMILES string of the molecule is O=S(=O)(c1ccccc1O)c1ccc(O)cc1O. The first-order chi connectivity index (χ1) is 8.43. The predicted molar refractivity (Wildman–Crippen MR) is 63.3 cm³/mol. The highest BCUT2D eigenvalue weighted by molar-refractivity contribution is 7.91. The van der Waals surface area contributed by atoms with Crippen molar-refractivity contribution in [2.75, 3.05) is 0 Å². The molecular formula is C12H10O5S. The predicted octanol–water partition coefficient (Wildman–Crippen LogP) is 1.64. The first-order valence-corrected chi connectivity index (χ1v) is 6.46. The van der Waals surface area contributed by atoms with Crippen LogP contribution in [0.15, 0.2) is 52.3 Å². The molecule has 0 fully saturated rings. The third-order valence-corrected chi connectivity index (χ3v) is 4.24. The van der Waals surface area contributed by atoms with Crippen molar-refractivity contribution in [1.29, 1.82) is 0 Å². The van der Waals surface area contributed by atoms with Gasteiger partial charge in [-0.2, -0.15) is 0 Å². The van der Waals surface area contributed by atoms with E-state index in [-0.39, 0.29) is 15.5 Å². The van der Waals surface area contributed by atoms with Crippen LogP contribution in [-0.2, 0) is 9.84 Å². The Morgan fingerprint density at radius 1 is 0.778 bits per heavy atom. The summed E-state index contributed by atoms with van der Waals surface area (Å²) in [6.07, 6.45) is 0. The third kappa shape index (κ3) is 1.98. The molecule has 2 aromatic rings. The molecule has 0 saturated carbocycles. The number of sulfone groups is 1. The van der Waals surface area contributed by atoms with Crippen molar-refractivity contribution in [3.8, 4) is 17.2 Å². The summed E-state index contributed by atoms with van der Waals surface area (Å²) in [5.41, 5.74) is 0. The van der Waals surface area contributed by atoms with Gasteiger partial charge in [0.15, 0.2) is 0 Å². The maximum Gasteiger partial charge on any atom is 0.213 e. The number of phenols is 3. The summed E-state index contributed by atoms with van der Waals surface area (Å²) in [6, 6.07) is 8.57. The molecule has 6 heteroatoms. The third-order valence-electron chi connectivity index (χ3n) is 2.39. The zero-order chi connectivity index (χ0) is 13.3. The van der Waals surface area contributed by atoms with E-state index in [4.69, 9.17) is 5.11 Å². The van der Waals surface area contributed by atoms with Crippen LogP contribution in [0.3, 0.4) is 0 Å². The highest BCUT2D eigenvalue weighted by atomic mass is 32.2. The normalized spacial score (nSPS) is 11.3. The Labute approximate surface area is 103 Å². The van der Waals surface area contributed by atoms with E-state index < -0.39 is 21.3 Å². The fraction of sp³-hybridized carbons (Fsp3) is 0. The number of aromatic hydroxyl groups is 3. The minimum atomic E-state index is -4.03. The molecule has 0 aliphatic heterocycles. The summed E-state index contributed by atoms with van der Waals surface area (Å²) in [5.74, 6) is -1.22. The maximum atomic E-state index is 12.2. The highest BCUT2D eigenvalue weighted by Crippen LogP contribution is 2.34. The molecule has 94 valence electrons. The van der Waals surface area contributed by atoms with E-state index in [0.29, 0.717) is 0 Å². The minimum Gasteiger partial charge on any atom is -0.508 e. The Kier molecular flexibility index (Phi) is 2.88. The van der Waals surface area contributed by atoms with Crippen LogP contribution in [0.25, 0.3) is 0 Å². The second-order valence-corrected chi connectivity index (χ2v) is 5.51. The molecule has 0 radical (unpaired) electrons. The molecule has 0 amide bonds. The van der Waals surface area contributed by atoms with Gasteiger partial charge in [-0.1, -0.05) is 12.1 Å². The summed E-state index contributed by atoms with van der Waals surface area (Å²) >= 11 is 0. The first-order valence-electron chi connectivity index (χ1n) is 4.98. The van der Waals surface area contributed by atoms with Gasteiger partial charge in [0.2, 0.25) is 9.84 Å². The molecule has 2 rings (SSSR count). The fourth-order valence-electron chi connectivity index (χ4n) is 1.54. The molecule has 0 saturated heterocycles. The maximum absolute atomic E-state index is 12.2. The Hall–Kier alpha value is -2.21. The van der Waals surface area contributed by atoms with Crippen LogP contribution >= 0.6 is 0 Å². The van der Waals surface area contributed by atoms with Crippen molar-refractivity contribution >= 4 is 9.84 Å². The summed E-state index contributed by atoms with van der Waals surface area (Å²) in [4.78, 5) is -0.673. The number of phenolic OH excluding ortho intramolecular Hbond substituents is 3. The van der Waals surface area contributed by atoms with E-state index >= 15 is 0 Å². The molecule has 18 heavy (non-hydrogen) atoms. The molecule has 0 spiro atoms. The zero-order valence-electron chi connectivity index (χ0n) is 9.11. The average molecular weight is 266 g/mol. The quantitative estimate of drug-likeness (QED) is 0.768. The zero-order valence-corrected chi connectivity index (χ0v) is 9.92. The molecule has 3 N–H and O–H groups in total. The van der Waals surface area contributed by atoms with Crippen LogP contribution in [-0.4, -0.2) is 23.7 Å². The van der Waals surface area contributed by atoms with Crippen molar-refractivity contribution < 1.29 is 23.7 Å². The van der Waals surface area contributed by atoms with Crippen LogP contribution in [0.5, 0.6) is 17.2 Å². The summed E-state index contributed by atoms with van der Waals surface area (Å²) in [5, 5.41) is 28.2. The molecule has 0 aliphatic carbocycles. The molecule has 5 nitrogen and oxygen atoms in total. The summed E-state index contributed by atoms with van der Waals surface area (Å²) < 4.78 is 24.4. The van der Waals surface area contributed by atoms with Crippen molar-refractivity contribution in [3.63, 3.8) is 0 Å². The first kappa shape index (κ1) is 12.3. The second kappa shape index (κ2) is 4.23. The molecule has 0 heterocycles. The van der Waals surface area contributed by atoms with E-state index in [2.05, 4.69) is 0 Å². The molecule has 2 aromatic carbocycles. The standard InChI is InChI=1S/C12H10O5S/c13-8-5-6-12(10(15)7-8)18(16,17)11-4-2-1-3-9(11)14/h1-7,13-15H. The molecule has 0 atom stereocenters. The molecule has 0 aliphatic rings. The van der Waals surface area contributed by atoms with Crippen LogP contribution in [0.4, 0.5) is 0 Å². The van der Waals surface area contributed by atoms with Gasteiger partial charge in [-0.3, -0.25) is 0 Å². The highest BCUT2D eigenvalue weighted by Gasteiger charge is 2.24. The Balaban J connectivity index is 2.66. The van der Waals surface area contributed by atoms with Crippen molar-refractivity contribution in [1.82, 2.24) is 0 Å². The lowest BCUT2D eigenvalue weighted by molar-refractivity contribution is 0.438. The molecule has 0 bridgehead atoms. The van der Waals surface area contributed by atoms with Crippen molar-refractivity contribution in [2.24, 2.45) is 0 Å². The molecule has 0 aromatic heterocycles. The lowest BCUT2D eigenvalue weighted by Crippen LogP contribution is -2.02. The van der Waals surface area contributed by atoms with Gasteiger partial charge in [0, 0.05) is 6.07 Å².